The first-order chi connectivity index (χ1) is 10.1. The van der Waals surface area contributed by atoms with Crippen molar-refractivity contribution in [2.75, 3.05) is 0 Å². The molecule has 4 rings (SSSR count). The maximum absolute atomic E-state index is 12.1. The summed E-state index contributed by atoms with van der Waals surface area (Å²) >= 11 is 0. The Kier molecular flexibility index (Phi) is 2.05. The van der Waals surface area contributed by atoms with Crippen LogP contribution in [0.4, 0.5) is 0 Å². The molecule has 0 amide bonds. The third kappa shape index (κ3) is 1.33. The van der Waals surface area contributed by atoms with Gasteiger partial charge in [0.05, 0.1) is 28.0 Å². The first-order valence-corrected chi connectivity index (χ1v) is 6.20. The zero-order valence-corrected chi connectivity index (χ0v) is 10.5. The van der Waals surface area contributed by atoms with E-state index in [1.54, 1.807) is 6.07 Å². The summed E-state index contributed by atoms with van der Waals surface area (Å²) in [5.41, 5.74) is 0.0833. The number of nitrogens with one attached hydrogen (secondary N) is 1. The minimum absolute atomic E-state index is 0.0419. The van der Waals surface area contributed by atoms with Crippen molar-refractivity contribution in [3.05, 3.63) is 51.0 Å². The minimum atomic E-state index is -0.399. The Morgan fingerprint density at radius 1 is 0.857 bits per heavy atom. The summed E-state index contributed by atoms with van der Waals surface area (Å²) in [5.74, 6) is -0.663. The maximum atomic E-state index is 12.1. The van der Waals surface area contributed by atoms with E-state index in [4.69, 9.17) is 0 Å². The van der Waals surface area contributed by atoms with E-state index >= 15 is 0 Å². The van der Waals surface area contributed by atoms with Crippen molar-refractivity contribution in [2.45, 2.75) is 0 Å². The molecule has 0 radical (unpaired) electrons. The van der Waals surface area contributed by atoms with E-state index in [-0.39, 0.29) is 32.9 Å². The second-order valence-corrected chi connectivity index (χ2v) is 4.79. The SMILES string of the molecule is O=c1ccc2[nH]cnc3c4c(=O)ccc(O)c4c(O)c1c23. The molecule has 0 spiro atoms. The molecular weight excluding hydrogens is 272 g/mol. The number of aromatic nitrogens is 2. The van der Waals surface area contributed by atoms with Crippen molar-refractivity contribution >= 4 is 32.6 Å². The Bertz CT molecular complexity index is 1150. The van der Waals surface area contributed by atoms with Gasteiger partial charge in [-0.25, -0.2) is 4.98 Å². The number of fused-ring (bicyclic) bond motifs is 2. The zero-order valence-electron chi connectivity index (χ0n) is 10.5. The molecule has 3 aromatic carbocycles. The van der Waals surface area contributed by atoms with E-state index in [0.29, 0.717) is 10.9 Å². The van der Waals surface area contributed by atoms with Crippen LogP contribution in [-0.2, 0) is 0 Å². The van der Waals surface area contributed by atoms with Gasteiger partial charge in [-0.3, -0.25) is 9.59 Å². The van der Waals surface area contributed by atoms with Gasteiger partial charge >= 0.3 is 0 Å². The van der Waals surface area contributed by atoms with Crippen molar-refractivity contribution in [2.24, 2.45) is 0 Å². The van der Waals surface area contributed by atoms with Gasteiger partial charge in [0.25, 0.3) is 0 Å². The third-order valence-electron chi connectivity index (χ3n) is 3.67. The van der Waals surface area contributed by atoms with Gasteiger partial charge in [-0.05, 0) is 24.3 Å². The molecule has 0 saturated heterocycles. The minimum Gasteiger partial charge on any atom is -0.507 e. The van der Waals surface area contributed by atoms with Crippen molar-refractivity contribution in [3.8, 4) is 11.5 Å². The van der Waals surface area contributed by atoms with Crippen molar-refractivity contribution in [1.82, 2.24) is 9.97 Å². The molecular formula is C15H8N2O4. The Labute approximate surface area is 116 Å². The number of H-pyrrole nitrogens is 1. The van der Waals surface area contributed by atoms with Crippen LogP contribution in [0.3, 0.4) is 0 Å². The highest BCUT2D eigenvalue weighted by Crippen LogP contribution is 2.39. The highest BCUT2D eigenvalue weighted by molar-refractivity contribution is 6.23. The molecule has 0 saturated carbocycles. The number of phenols is 2. The molecule has 1 aromatic heterocycles. The van der Waals surface area contributed by atoms with E-state index in [1.165, 1.54) is 24.5 Å². The number of benzene rings is 3. The van der Waals surface area contributed by atoms with Gasteiger partial charge in [-0.1, -0.05) is 0 Å². The van der Waals surface area contributed by atoms with Crippen molar-refractivity contribution < 1.29 is 10.2 Å². The average Bonchev–Trinajstić information content (AvgIpc) is 2.48. The van der Waals surface area contributed by atoms with Gasteiger partial charge in [-0.15, -0.1) is 0 Å². The Morgan fingerprint density at radius 2 is 1.57 bits per heavy atom. The number of rotatable bonds is 0. The zero-order chi connectivity index (χ0) is 14.7. The quantitative estimate of drug-likeness (QED) is 0.334. The lowest BCUT2D eigenvalue weighted by atomic mass is 9.98. The van der Waals surface area contributed by atoms with E-state index in [1.807, 2.05) is 0 Å². The van der Waals surface area contributed by atoms with E-state index in [9.17, 15) is 19.8 Å². The van der Waals surface area contributed by atoms with Crippen LogP contribution in [0.2, 0.25) is 0 Å². The van der Waals surface area contributed by atoms with Gasteiger partial charge in [0.1, 0.15) is 11.5 Å². The first kappa shape index (κ1) is 11.7. The molecule has 21 heavy (non-hydrogen) atoms. The largest absolute Gasteiger partial charge is 0.507 e. The topological polar surface area (TPSA) is 103 Å². The second-order valence-electron chi connectivity index (χ2n) is 4.79. The molecule has 1 heterocycles. The molecule has 6 heteroatoms. The fourth-order valence-electron chi connectivity index (χ4n) is 2.78. The Morgan fingerprint density at radius 3 is 2.38 bits per heavy atom. The van der Waals surface area contributed by atoms with Gasteiger partial charge in [0, 0.05) is 10.9 Å². The summed E-state index contributed by atoms with van der Waals surface area (Å²) < 4.78 is 0. The Hall–Kier alpha value is -3.15. The smallest absolute Gasteiger partial charge is 0.190 e. The van der Waals surface area contributed by atoms with Gasteiger partial charge in [-0.2, -0.15) is 0 Å². The molecule has 0 aliphatic heterocycles. The standard InChI is InChI=1S/C15H8N2O4/c18-7-3-4-9(20)13-11(7)14-10-6(16-5-17-14)1-2-8(19)12(10)15(13)21/h1-5,20-21H,(H,16,17). The van der Waals surface area contributed by atoms with Crippen LogP contribution in [0, 0.1) is 0 Å². The van der Waals surface area contributed by atoms with E-state index in [2.05, 4.69) is 9.97 Å². The molecule has 0 fully saturated rings. The van der Waals surface area contributed by atoms with Crippen molar-refractivity contribution in [3.63, 3.8) is 0 Å². The predicted molar refractivity (Wildman–Crippen MR) is 78.2 cm³/mol. The van der Waals surface area contributed by atoms with Crippen LogP contribution in [-0.4, -0.2) is 20.2 Å². The van der Waals surface area contributed by atoms with E-state index in [0.717, 1.165) is 0 Å². The van der Waals surface area contributed by atoms with Gasteiger partial charge in [0.2, 0.25) is 0 Å². The number of nitrogens with zero attached hydrogens (tertiary/aromatic N) is 1. The number of aromatic hydroxyl groups is 2. The van der Waals surface area contributed by atoms with Crippen LogP contribution in [0.15, 0.2) is 40.2 Å². The normalized spacial score (nSPS) is 11.6. The summed E-state index contributed by atoms with van der Waals surface area (Å²) in [4.78, 5) is 31.2. The lowest BCUT2D eigenvalue weighted by molar-refractivity contribution is 0.467. The lowest BCUT2D eigenvalue weighted by Crippen LogP contribution is -2.06. The van der Waals surface area contributed by atoms with Crippen LogP contribution in [0.1, 0.15) is 0 Å². The number of hydrogen-bond donors (Lipinski definition) is 3. The number of hydrogen-bond acceptors (Lipinski definition) is 5. The summed E-state index contributed by atoms with van der Waals surface area (Å²) in [7, 11) is 0. The van der Waals surface area contributed by atoms with Crippen LogP contribution < -0.4 is 10.9 Å². The molecule has 0 aliphatic carbocycles. The molecule has 3 N–H and O–H groups in total. The third-order valence-corrected chi connectivity index (χ3v) is 3.67. The molecule has 0 bridgehead atoms. The average molecular weight is 280 g/mol. The molecule has 0 unspecified atom stereocenters. The molecule has 4 aromatic rings. The first-order valence-electron chi connectivity index (χ1n) is 6.20. The van der Waals surface area contributed by atoms with Crippen LogP contribution in [0.5, 0.6) is 11.5 Å². The summed E-state index contributed by atoms with van der Waals surface area (Å²) in [6.45, 7) is 0. The van der Waals surface area contributed by atoms with Crippen LogP contribution in [0.25, 0.3) is 32.6 Å². The summed E-state index contributed by atoms with van der Waals surface area (Å²) in [5, 5.41) is 20.8. The highest BCUT2D eigenvalue weighted by atomic mass is 16.3. The van der Waals surface area contributed by atoms with Gasteiger partial charge in [0.15, 0.2) is 10.9 Å². The number of phenolic OH excluding ortho intramolecular Hbond substituents is 2. The molecule has 102 valence electrons. The lowest BCUT2D eigenvalue weighted by Gasteiger charge is -2.10. The Balaban J connectivity index is 2.58. The molecule has 0 aliphatic rings. The maximum Gasteiger partial charge on any atom is 0.190 e. The molecule has 0 atom stereocenters. The van der Waals surface area contributed by atoms with Crippen LogP contribution >= 0.6 is 0 Å². The fraction of sp³-hybridized carbons (Fsp3) is 0. The monoisotopic (exact) mass is 280 g/mol. The predicted octanol–water partition coefficient (Wildman–Crippen LogP) is 1.44. The van der Waals surface area contributed by atoms with Crippen molar-refractivity contribution in [1.29, 1.82) is 0 Å². The summed E-state index contributed by atoms with van der Waals surface area (Å²) in [6, 6.07) is 5.29. The molecule has 6 nitrogen and oxygen atoms in total. The van der Waals surface area contributed by atoms with E-state index < -0.39 is 11.2 Å². The number of aromatic amines is 1. The van der Waals surface area contributed by atoms with Gasteiger partial charge < -0.3 is 15.2 Å². The summed E-state index contributed by atoms with van der Waals surface area (Å²) in [6.07, 6.45) is 1.40. The second kappa shape index (κ2) is 3.69. The fourth-order valence-corrected chi connectivity index (χ4v) is 2.78. The highest BCUT2D eigenvalue weighted by Gasteiger charge is 2.20.